The molecule has 0 spiro atoms. The van der Waals surface area contributed by atoms with Gasteiger partial charge in [0.25, 0.3) is 0 Å². The first-order valence-electron chi connectivity index (χ1n) is 31.4. The van der Waals surface area contributed by atoms with Gasteiger partial charge in [-0.15, -0.1) is 0 Å². The zero-order chi connectivity index (χ0) is 61.3. The van der Waals surface area contributed by atoms with Gasteiger partial charge in [-0.1, -0.05) is 91.0 Å². The van der Waals surface area contributed by atoms with Crippen molar-refractivity contribution in [2.45, 2.75) is 69.1 Å². The standard InChI is InChI=1S/C82H80Ge4N2/c1-83(2,3)61-36-48-67(49-37-61)87(68-50-38-62(39-51-68)84(4,5)6)65-44-32-57(33-45-65)79-71-24-13-17-28-75(71)81(76-29-18-14-25-72(76)79)59-22-21-23-60(56-59)82-77-30-19-15-26-73(77)80(74-27-16-20-31-78(74)82)58-34-46-66(47-35-58)88(69-52-40-63(41-53-69)85(7,8)9)70-54-42-64(43-55-70)86(10,11)12/h13-56H,1-12H3. The van der Waals surface area contributed by atoms with Gasteiger partial charge in [-0.2, -0.15) is 0 Å². The van der Waals surface area contributed by atoms with E-state index in [9.17, 15) is 0 Å². The summed E-state index contributed by atoms with van der Waals surface area (Å²) in [6.45, 7) is 0. The van der Waals surface area contributed by atoms with E-state index in [0.29, 0.717) is 0 Å². The van der Waals surface area contributed by atoms with Crippen molar-refractivity contribution in [3.63, 3.8) is 0 Å². The van der Waals surface area contributed by atoms with Crippen molar-refractivity contribution in [1.82, 2.24) is 0 Å². The van der Waals surface area contributed by atoms with Crippen molar-refractivity contribution in [1.29, 1.82) is 0 Å². The monoisotopic (exact) mass is 1390 g/mol. The Morgan fingerprint density at radius 3 is 0.557 bits per heavy atom. The van der Waals surface area contributed by atoms with E-state index in [1.54, 1.807) is 0 Å². The zero-order valence-electron chi connectivity index (χ0n) is 53.3. The Balaban J connectivity index is 0.900. The third-order valence-corrected chi connectivity index (χ3v) is 35.4. The Morgan fingerprint density at radius 1 is 0.182 bits per heavy atom. The minimum atomic E-state index is -2.03. The first-order chi connectivity index (χ1) is 42.2. The molecule has 0 aliphatic carbocycles. The van der Waals surface area contributed by atoms with Gasteiger partial charge < -0.3 is 0 Å². The van der Waals surface area contributed by atoms with Gasteiger partial charge in [0.2, 0.25) is 0 Å². The number of hydrogen-bond donors (Lipinski definition) is 0. The molecule has 13 aromatic carbocycles. The molecular formula is C82H80Ge4N2. The summed E-state index contributed by atoms with van der Waals surface area (Å²) in [5.74, 6) is 29.7. The first-order valence-corrected chi connectivity index (χ1v) is 60.8. The quantitative estimate of drug-likeness (QED) is 0.0791. The molecule has 2 nitrogen and oxygen atoms in total. The third-order valence-electron chi connectivity index (χ3n) is 18.1. The van der Waals surface area contributed by atoms with Crippen molar-refractivity contribution in [2.24, 2.45) is 0 Å². The van der Waals surface area contributed by atoms with Crippen molar-refractivity contribution in [2.75, 3.05) is 9.80 Å². The summed E-state index contributed by atoms with van der Waals surface area (Å²) >= 11 is -8.11. The van der Waals surface area contributed by atoms with Crippen LogP contribution in [0, 0.1) is 0 Å². The molecule has 0 saturated carbocycles. The van der Waals surface area contributed by atoms with Crippen LogP contribution in [-0.4, -0.2) is 53.1 Å². The van der Waals surface area contributed by atoms with Crippen LogP contribution in [0.15, 0.2) is 267 Å². The molecule has 13 rings (SSSR count). The Morgan fingerprint density at radius 2 is 0.364 bits per heavy atom. The molecule has 6 heteroatoms. The van der Waals surface area contributed by atoms with E-state index < -0.39 is 53.1 Å². The summed E-state index contributed by atoms with van der Waals surface area (Å²) < 4.78 is 6.06. The van der Waals surface area contributed by atoms with Crippen LogP contribution in [0.25, 0.3) is 87.6 Å². The summed E-state index contributed by atoms with van der Waals surface area (Å²) in [6.07, 6.45) is 0. The Bertz CT molecular complexity index is 4190. The van der Waals surface area contributed by atoms with Crippen LogP contribution in [0.5, 0.6) is 0 Å². The predicted octanol–water partition coefficient (Wildman–Crippen LogP) is 22.1. The third kappa shape index (κ3) is 11.6. The molecule has 0 atom stereocenters. The van der Waals surface area contributed by atoms with Crippen molar-refractivity contribution < 1.29 is 0 Å². The maximum atomic E-state index is 2.47. The van der Waals surface area contributed by atoms with E-state index in [-0.39, 0.29) is 0 Å². The number of nitrogens with zero attached hydrogens (tertiary/aromatic N) is 2. The number of benzene rings is 13. The second kappa shape index (κ2) is 23.6. The first kappa shape index (κ1) is 59.6. The normalized spacial score (nSPS) is 12.3. The van der Waals surface area contributed by atoms with Crippen LogP contribution in [0.3, 0.4) is 0 Å². The molecule has 88 heavy (non-hydrogen) atoms. The molecule has 0 bridgehead atoms. The topological polar surface area (TPSA) is 6.48 Å². The summed E-state index contributed by atoms with van der Waals surface area (Å²) in [5, 5.41) is 9.95. The zero-order valence-corrected chi connectivity index (χ0v) is 61.7. The van der Waals surface area contributed by atoms with Crippen LogP contribution < -0.4 is 27.4 Å². The van der Waals surface area contributed by atoms with E-state index in [0.717, 1.165) is 11.4 Å². The fourth-order valence-corrected chi connectivity index (χ4v) is 23.0. The van der Waals surface area contributed by atoms with Gasteiger partial charge in [0, 0.05) is 0 Å². The fourth-order valence-electron chi connectivity index (χ4n) is 13.2. The molecule has 0 aliphatic heterocycles. The van der Waals surface area contributed by atoms with E-state index in [1.807, 2.05) is 0 Å². The maximum absolute atomic E-state index is 2.47. The van der Waals surface area contributed by atoms with E-state index >= 15 is 0 Å². The van der Waals surface area contributed by atoms with Gasteiger partial charge in [0.15, 0.2) is 0 Å². The summed E-state index contributed by atoms with van der Waals surface area (Å²) in [4.78, 5) is 4.87. The molecule has 13 aromatic rings. The van der Waals surface area contributed by atoms with Gasteiger partial charge in [-0.05, 0) is 28.3 Å². The number of fused-ring (bicyclic) bond motifs is 4. The van der Waals surface area contributed by atoms with Gasteiger partial charge in [0.05, 0.1) is 0 Å². The van der Waals surface area contributed by atoms with Crippen LogP contribution in [0.2, 0.25) is 69.1 Å². The fraction of sp³-hybridized carbons (Fsp3) is 0.146. The predicted molar refractivity (Wildman–Crippen MR) is 399 cm³/mol. The summed E-state index contributed by atoms with van der Waals surface area (Å²) in [7, 11) is 0. The molecule has 434 valence electrons. The molecule has 0 radical (unpaired) electrons. The molecule has 0 amide bonds. The van der Waals surface area contributed by atoms with Gasteiger partial charge in [-0.25, -0.2) is 0 Å². The molecule has 0 heterocycles. The number of hydrogen-bond acceptors (Lipinski definition) is 2. The van der Waals surface area contributed by atoms with Gasteiger partial charge in [-0.3, -0.25) is 0 Å². The molecule has 0 aromatic heterocycles. The van der Waals surface area contributed by atoms with E-state index in [1.165, 1.54) is 128 Å². The van der Waals surface area contributed by atoms with Crippen molar-refractivity contribution >= 4 is 148 Å². The Labute approximate surface area is 533 Å². The SMILES string of the molecule is [CH3][Ge]([CH3])([CH3])[c]1ccc(N(c2ccc(-c3c4ccccc4c(-c4cccc(-c5c6ccccc6c(-c6ccc(N(c7cc[c]([Ge]([CH3])([CH3])[CH3])cc7)c7cc[c]([Ge]([CH3])([CH3])[CH3])cc7)cc6)c6ccccc56)c4)c4ccccc34)cc2)c2cc[c]([Ge]([CH3])([CH3])[CH3])cc2)cc1. The van der Waals surface area contributed by atoms with Crippen LogP contribution in [-0.2, 0) is 0 Å². The Hall–Kier alpha value is -7.33. The van der Waals surface area contributed by atoms with Crippen LogP contribution in [0.1, 0.15) is 0 Å². The number of anilines is 6. The number of rotatable bonds is 14. The van der Waals surface area contributed by atoms with Crippen molar-refractivity contribution in [3.05, 3.63) is 267 Å². The average Bonchev–Trinajstić information content (AvgIpc) is 0.837. The molecule has 0 fully saturated rings. The molecule has 0 N–H and O–H groups in total. The van der Waals surface area contributed by atoms with E-state index in [4.69, 9.17) is 0 Å². The van der Waals surface area contributed by atoms with E-state index in [2.05, 4.69) is 346 Å². The average molecular weight is 1380 g/mol. The summed E-state index contributed by atoms with van der Waals surface area (Å²) in [5.41, 5.74) is 16.8. The second-order valence-corrected chi connectivity index (χ2v) is 70.8. The Kier molecular flexibility index (Phi) is 16.0. The van der Waals surface area contributed by atoms with Gasteiger partial charge in [0.1, 0.15) is 0 Å². The molecule has 0 unspecified atom stereocenters. The molecular weight excluding hydrogens is 1300 g/mol. The van der Waals surface area contributed by atoms with Gasteiger partial charge >= 0.3 is 419 Å². The van der Waals surface area contributed by atoms with Crippen LogP contribution >= 0.6 is 0 Å². The minimum absolute atomic E-state index is 1.15. The summed E-state index contributed by atoms with van der Waals surface area (Å²) in [6, 6.07) is 102. The van der Waals surface area contributed by atoms with Crippen molar-refractivity contribution in [3.8, 4) is 44.5 Å². The second-order valence-electron chi connectivity index (χ2n) is 28.2. The molecule has 0 saturated heterocycles. The van der Waals surface area contributed by atoms with Crippen LogP contribution in [0.4, 0.5) is 34.1 Å². The molecule has 0 aliphatic rings.